The molecular weight excluding hydrogens is 238 g/mol. The first-order chi connectivity index (χ1) is 8.10. The number of ether oxygens (including phenoxy) is 1. The lowest BCUT2D eigenvalue weighted by atomic mass is 10.1. The van der Waals surface area contributed by atoms with E-state index in [1.165, 1.54) is 0 Å². The number of rotatable bonds is 5. The monoisotopic (exact) mass is 255 g/mol. The third kappa shape index (κ3) is 3.63. The Hall–Kier alpha value is -1.22. The van der Waals surface area contributed by atoms with Crippen molar-refractivity contribution in [2.24, 2.45) is 0 Å². The van der Waals surface area contributed by atoms with Crippen molar-refractivity contribution in [2.45, 2.75) is 27.2 Å². The molecular formula is C13H18ClNO2. The molecule has 0 aromatic heterocycles. The molecule has 0 aliphatic rings. The summed E-state index contributed by atoms with van der Waals surface area (Å²) >= 11 is 6.10. The van der Waals surface area contributed by atoms with E-state index in [4.69, 9.17) is 16.3 Å². The van der Waals surface area contributed by atoms with Crippen LogP contribution in [0, 0.1) is 6.92 Å². The molecule has 1 aromatic carbocycles. The maximum absolute atomic E-state index is 11.8. The summed E-state index contributed by atoms with van der Waals surface area (Å²) in [6.07, 6.45) is 0.980. The largest absolute Gasteiger partial charge is 0.462 e. The van der Waals surface area contributed by atoms with Gasteiger partial charge in [-0.2, -0.15) is 0 Å². The molecule has 1 aromatic rings. The van der Waals surface area contributed by atoms with Gasteiger partial charge < -0.3 is 10.1 Å². The molecule has 3 nitrogen and oxygen atoms in total. The van der Waals surface area contributed by atoms with Crippen LogP contribution in [-0.2, 0) is 4.74 Å². The summed E-state index contributed by atoms with van der Waals surface area (Å²) in [5, 5.41) is 3.63. The van der Waals surface area contributed by atoms with Crippen LogP contribution in [-0.4, -0.2) is 19.1 Å². The standard InChI is InChI=1S/C13H18ClNO2/c1-4-6-15-11-8-9(3)7-10(14)12(11)13(16)17-5-2/h7-8,15H,4-6H2,1-3H3. The number of carbonyl (C=O) groups is 1. The number of hydrogen-bond donors (Lipinski definition) is 1. The number of carbonyl (C=O) groups excluding carboxylic acids is 1. The van der Waals surface area contributed by atoms with Crippen LogP contribution in [0.1, 0.15) is 36.2 Å². The Bertz CT molecular complexity index is 405. The Balaban J connectivity index is 3.10. The maximum atomic E-state index is 11.8. The smallest absolute Gasteiger partial charge is 0.341 e. The molecule has 0 heterocycles. The van der Waals surface area contributed by atoms with Crippen LogP contribution >= 0.6 is 11.6 Å². The van der Waals surface area contributed by atoms with Gasteiger partial charge in [0.15, 0.2) is 0 Å². The molecule has 0 radical (unpaired) electrons. The highest BCUT2D eigenvalue weighted by molar-refractivity contribution is 6.34. The fraction of sp³-hybridized carbons (Fsp3) is 0.462. The summed E-state index contributed by atoms with van der Waals surface area (Å²) in [6.45, 7) is 6.92. The van der Waals surface area contributed by atoms with Gasteiger partial charge in [0.1, 0.15) is 5.56 Å². The molecule has 0 bridgehead atoms. The first kappa shape index (κ1) is 13.8. The highest BCUT2D eigenvalue weighted by atomic mass is 35.5. The van der Waals surface area contributed by atoms with E-state index in [1.54, 1.807) is 13.0 Å². The van der Waals surface area contributed by atoms with Gasteiger partial charge in [-0.25, -0.2) is 4.79 Å². The summed E-state index contributed by atoms with van der Waals surface area (Å²) in [5.41, 5.74) is 2.18. The number of anilines is 1. The van der Waals surface area contributed by atoms with E-state index in [0.717, 1.165) is 24.2 Å². The molecule has 0 aliphatic carbocycles. The predicted octanol–water partition coefficient (Wildman–Crippen LogP) is 3.65. The minimum atomic E-state index is -0.379. The number of nitrogens with one attached hydrogen (secondary N) is 1. The average Bonchev–Trinajstić information content (AvgIpc) is 2.25. The van der Waals surface area contributed by atoms with E-state index >= 15 is 0 Å². The average molecular weight is 256 g/mol. The lowest BCUT2D eigenvalue weighted by Gasteiger charge is -2.13. The highest BCUT2D eigenvalue weighted by Crippen LogP contribution is 2.27. The lowest BCUT2D eigenvalue weighted by Crippen LogP contribution is -2.11. The van der Waals surface area contributed by atoms with Crippen LogP contribution in [0.2, 0.25) is 5.02 Å². The van der Waals surface area contributed by atoms with Crippen LogP contribution in [0.25, 0.3) is 0 Å². The Labute approximate surface area is 107 Å². The number of hydrogen-bond acceptors (Lipinski definition) is 3. The number of benzene rings is 1. The Morgan fingerprint density at radius 1 is 1.41 bits per heavy atom. The SMILES string of the molecule is CCCNc1cc(C)cc(Cl)c1C(=O)OCC. The Kier molecular flexibility index (Phi) is 5.29. The summed E-state index contributed by atoms with van der Waals surface area (Å²) in [5.74, 6) is -0.379. The highest BCUT2D eigenvalue weighted by Gasteiger charge is 2.17. The minimum Gasteiger partial charge on any atom is -0.462 e. The van der Waals surface area contributed by atoms with Gasteiger partial charge in [-0.05, 0) is 38.0 Å². The Morgan fingerprint density at radius 3 is 2.71 bits per heavy atom. The second kappa shape index (κ2) is 6.50. The van der Waals surface area contributed by atoms with E-state index in [0.29, 0.717) is 17.2 Å². The molecule has 0 saturated carbocycles. The first-order valence-electron chi connectivity index (χ1n) is 5.81. The zero-order chi connectivity index (χ0) is 12.8. The molecule has 0 spiro atoms. The van der Waals surface area contributed by atoms with Crippen LogP contribution in [0.5, 0.6) is 0 Å². The summed E-state index contributed by atoms with van der Waals surface area (Å²) in [6, 6.07) is 3.68. The summed E-state index contributed by atoms with van der Waals surface area (Å²) in [7, 11) is 0. The molecule has 94 valence electrons. The van der Waals surface area contributed by atoms with Crippen LogP contribution in [0.3, 0.4) is 0 Å². The zero-order valence-electron chi connectivity index (χ0n) is 10.5. The zero-order valence-corrected chi connectivity index (χ0v) is 11.2. The van der Waals surface area contributed by atoms with Gasteiger partial charge in [0, 0.05) is 6.54 Å². The molecule has 0 fully saturated rings. The van der Waals surface area contributed by atoms with E-state index in [9.17, 15) is 4.79 Å². The van der Waals surface area contributed by atoms with Crippen molar-refractivity contribution < 1.29 is 9.53 Å². The van der Waals surface area contributed by atoms with Crippen molar-refractivity contribution in [1.29, 1.82) is 0 Å². The molecule has 0 amide bonds. The van der Waals surface area contributed by atoms with Gasteiger partial charge in [-0.3, -0.25) is 0 Å². The quantitative estimate of drug-likeness (QED) is 0.817. The predicted molar refractivity (Wildman–Crippen MR) is 70.9 cm³/mol. The van der Waals surface area contributed by atoms with Crippen molar-refractivity contribution >= 4 is 23.3 Å². The lowest BCUT2D eigenvalue weighted by molar-refractivity contribution is 0.0527. The maximum Gasteiger partial charge on any atom is 0.341 e. The Morgan fingerprint density at radius 2 is 2.12 bits per heavy atom. The third-order valence-corrected chi connectivity index (χ3v) is 2.58. The van der Waals surface area contributed by atoms with Crippen LogP contribution < -0.4 is 5.32 Å². The van der Waals surface area contributed by atoms with Crippen molar-refractivity contribution in [2.75, 3.05) is 18.5 Å². The van der Waals surface area contributed by atoms with Gasteiger partial charge in [0.25, 0.3) is 0 Å². The molecule has 1 rings (SSSR count). The molecule has 4 heteroatoms. The van der Waals surface area contributed by atoms with E-state index in [2.05, 4.69) is 12.2 Å². The fourth-order valence-electron chi connectivity index (χ4n) is 1.55. The second-order valence-corrected chi connectivity index (χ2v) is 4.22. The normalized spacial score (nSPS) is 10.1. The molecule has 17 heavy (non-hydrogen) atoms. The summed E-state index contributed by atoms with van der Waals surface area (Å²) in [4.78, 5) is 11.8. The fourth-order valence-corrected chi connectivity index (χ4v) is 1.90. The number of aryl methyl sites for hydroxylation is 1. The van der Waals surface area contributed by atoms with E-state index < -0.39 is 0 Å². The van der Waals surface area contributed by atoms with Gasteiger partial charge in [-0.15, -0.1) is 0 Å². The van der Waals surface area contributed by atoms with Gasteiger partial charge >= 0.3 is 5.97 Å². The second-order valence-electron chi connectivity index (χ2n) is 3.82. The van der Waals surface area contributed by atoms with E-state index in [-0.39, 0.29) is 5.97 Å². The van der Waals surface area contributed by atoms with E-state index in [1.807, 2.05) is 13.0 Å². The van der Waals surface area contributed by atoms with Crippen molar-refractivity contribution in [1.82, 2.24) is 0 Å². The van der Waals surface area contributed by atoms with Gasteiger partial charge in [-0.1, -0.05) is 18.5 Å². The molecule has 0 unspecified atom stereocenters. The number of esters is 1. The molecule has 0 aliphatic heterocycles. The third-order valence-electron chi connectivity index (χ3n) is 2.28. The van der Waals surface area contributed by atoms with Crippen molar-refractivity contribution in [3.05, 3.63) is 28.3 Å². The topological polar surface area (TPSA) is 38.3 Å². The molecule has 0 saturated heterocycles. The van der Waals surface area contributed by atoms with Crippen LogP contribution in [0.15, 0.2) is 12.1 Å². The van der Waals surface area contributed by atoms with Crippen molar-refractivity contribution in [3.63, 3.8) is 0 Å². The van der Waals surface area contributed by atoms with Crippen molar-refractivity contribution in [3.8, 4) is 0 Å². The summed E-state index contributed by atoms with van der Waals surface area (Å²) < 4.78 is 5.01. The van der Waals surface area contributed by atoms with Gasteiger partial charge in [0.2, 0.25) is 0 Å². The molecule has 0 atom stereocenters. The van der Waals surface area contributed by atoms with Crippen LogP contribution in [0.4, 0.5) is 5.69 Å². The number of halogens is 1. The molecule has 1 N–H and O–H groups in total. The minimum absolute atomic E-state index is 0.344. The van der Waals surface area contributed by atoms with Gasteiger partial charge in [0.05, 0.1) is 17.3 Å². The first-order valence-corrected chi connectivity index (χ1v) is 6.19.